The lowest BCUT2D eigenvalue weighted by Gasteiger charge is -2.16. The lowest BCUT2D eigenvalue weighted by molar-refractivity contribution is -0.141. The van der Waals surface area contributed by atoms with E-state index in [-0.39, 0.29) is 27.3 Å². The topological polar surface area (TPSA) is 106 Å². The van der Waals surface area contributed by atoms with Gasteiger partial charge in [-0.15, -0.1) is 11.3 Å². The van der Waals surface area contributed by atoms with Gasteiger partial charge in [0.05, 0.1) is 15.6 Å². The number of halogens is 4. The Hall–Kier alpha value is -2.64. The molecule has 3 aromatic rings. The number of carbonyl (C=O) groups is 1. The molecule has 1 aromatic carbocycles. The van der Waals surface area contributed by atoms with Gasteiger partial charge in [-0.3, -0.25) is 14.2 Å². The number of rotatable bonds is 7. The smallest absolute Gasteiger partial charge is 0.324 e. The number of benzene rings is 1. The lowest BCUT2D eigenvalue weighted by Crippen LogP contribution is -2.26. The Morgan fingerprint density at radius 3 is 2.48 bits per heavy atom. The van der Waals surface area contributed by atoms with E-state index in [1.54, 1.807) is 5.38 Å². The van der Waals surface area contributed by atoms with Crippen molar-refractivity contribution < 1.29 is 26.4 Å². The number of alkyl halides is 3. The number of hydrogen-bond donors (Lipinski definition) is 2. The van der Waals surface area contributed by atoms with Crippen LogP contribution in [0, 0.1) is 0 Å². The zero-order valence-corrected chi connectivity index (χ0v) is 19.3. The van der Waals surface area contributed by atoms with Gasteiger partial charge in [0, 0.05) is 23.2 Å². The van der Waals surface area contributed by atoms with Gasteiger partial charge in [0.25, 0.3) is 10.0 Å². The van der Waals surface area contributed by atoms with Crippen molar-refractivity contribution in [2.75, 3.05) is 10.0 Å². The number of hydrogen-bond acceptors (Lipinski definition) is 6. The van der Waals surface area contributed by atoms with Gasteiger partial charge in [-0.05, 0) is 44.0 Å². The molecule has 1 unspecified atom stereocenters. The van der Waals surface area contributed by atoms with Crippen molar-refractivity contribution in [1.29, 1.82) is 0 Å². The van der Waals surface area contributed by atoms with Crippen LogP contribution in [-0.2, 0) is 21.0 Å². The molecule has 1 aliphatic carbocycles. The summed E-state index contributed by atoms with van der Waals surface area (Å²) in [5.41, 5.74) is -0.753. The van der Waals surface area contributed by atoms with E-state index in [9.17, 15) is 26.4 Å². The number of nitrogens with zero attached hydrogens (tertiary/aromatic N) is 3. The second-order valence-corrected chi connectivity index (χ2v) is 10.4. The molecule has 2 aromatic heterocycles. The SMILES string of the molecule is CC(C(=O)Nc1ccc(S(=O)(=O)Nc2nccs2)cc1)n1nc(C(F)(F)F)c(Cl)c1C1CC1. The molecule has 0 bridgehead atoms. The first-order chi connectivity index (χ1) is 15.5. The minimum Gasteiger partial charge on any atom is -0.324 e. The molecule has 1 saturated carbocycles. The number of sulfonamides is 1. The minimum absolute atomic E-state index is 0.0477. The van der Waals surface area contributed by atoms with Gasteiger partial charge < -0.3 is 5.32 Å². The van der Waals surface area contributed by atoms with E-state index in [2.05, 4.69) is 20.1 Å². The van der Waals surface area contributed by atoms with Crippen LogP contribution in [0.5, 0.6) is 0 Å². The highest BCUT2D eigenvalue weighted by Gasteiger charge is 2.43. The Bertz CT molecular complexity index is 1270. The van der Waals surface area contributed by atoms with Crippen LogP contribution in [-0.4, -0.2) is 29.1 Å². The summed E-state index contributed by atoms with van der Waals surface area (Å²) in [6, 6.07) is 4.25. The molecule has 0 spiro atoms. The van der Waals surface area contributed by atoms with E-state index >= 15 is 0 Å². The number of aromatic nitrogens is 3. The van der Waals surface area contributed by atoms with E-state index < -0.39 is 38.9 Å². The molecule has 1 atom stereocenters. The zero-order chi connectivity index (χ0) is 24.0. The number of amides is 1. The Kier molecular flexibility index (Phi) is 6.14. The van der Waals surface area contributed by atoms with Gasteiger partial charge in [-0.2, -0.15) is 18.3 Å². The summed E-state index contributed by atoms with van der Waals surface area (Å²) in [7, 11) is -3.86. The van der Waals surface area contributed by atoms with Crippen LogP contribution in [0.3, 0.4) is 0 Å². The van der Waals surface area contributed by atoms with Gasteiger partial charge in [-0.25, -0.2) is 13.4 Å². The molecule has 0 radical (unpaired) electrons. The van der Waals surface area contributed by atoms with Gasteiger partial charge in [0.1, 0.15) is 6.04 Å². The van der Waals surface area contributed by atoms with Crippen LogP contribution in [0.1, 0.15) is 43.1 Å². The molecular formula is C19H17ClF3N5O3S2. The lowest BCUT2D eigenvalue weighted by atomic mass is 10.2. The maximum atomic E-state index is 13.3. The second kappa shape index (κ2) is 8.61. The number of nitrogens with one attached hydrogen (secondary N) is 2. The fourth-order valence-electron chi connectivity index (χ4n) is 3.15. The normalized spacial score (nSPS) is 15.3. The highest BCUT2D eigenvalue weighted by molar-refractivity contribution is 7.93. The monoisotopic (exact) mass is 519 g/mol. The van der Waals surface area contributed by atoms with Crippen molar-refractivity contribution in [1.82, 2.24) is 14.8 Å². The minimum atomic E-state index is -4.74. The standard InChI is InChI=1S/C19H17ClF3N5O3S2/c1-10(28-15(11-2-3-11)14(20)16(26-28)19(21,22)23)17(29)25-12-4-6-13(7-5-12)33(30,31)27-18-24-8-9-32-18/h4-11H,2-3H2,1H3,(H,24,27)(H,25,29). The summed E-state index contributed by atoms with van der Waals surface area (Å²) in [5, 5.41) is 7.52. The van der Waals surface area contributed by atoms with Crippen molar-refractivity contribution in [2.45, 2.75) is 42.8 Å². The van der Waals surface area contributed by atoms with Crippen molar-refractivity contribution in [3.05, 3.63) is 52.3 Å². The van der Waals surface area contributed by atoms with Crippen LogP contribution >= 0.6 is 22.9 Å². The van der Waals surface area contributed by atoms with Crippen LogP contribution < -0.4 is 10.0 Å². The van der Waals surface area contributed by atoms with E-state index in [1.807, 2.05) is 0 Å². The Morgan fingerprint density at radius 2 is 1.94 bits per heavy atom. The van der Waals surface area contributed by atoms with Gasteiger partial charge in [0.2, 0.25) is 5.91 Å². The van der Waals surface area contributed by atoms with Gasteiger partial charge in [-0.1, -0.05) is 11.6 Å². The molecule has 176 valence electrons. The van der Waals surface area contributed by atoms with Crippen molar-refractivity contribution in [3.63, 3.8) is 0 Å². The van der Waals surface area contributed by atoms with Gasteiger partial charge in [0.15, 0.2) is 10.8 Å². The number of anilines is 2. The van der Waals surface area contributed by atoms with Crippen molar-refractivity contribution in [2.24, 2.45) is 0 Å². The Labute approximate surface area is 195 Å². The highest BCUT2D eigenvalue weighted by atomic mass is 35.5. The predicted octanol–water partition coefficient (Wildman–Crippen LogP) is 4.89. The summed E-state index contributed by atoms with van der Waals surface area (Å²) < 4.78 is 68.0. The molecule has 0 saturated heterocycles. The molecule has 33 heavy (non-hydrogen) atoms. The molecule has 1 fully saturated rings. The van der Waals surface area contributed by atoms with Crippen molar-refractivity contribution in [3.8, 4) is 0 Å². The molecule has 1 amide bonds. The van der Waals surface area contributed by atoms with Crippen molar-refractivity contribution >= 4 is 49.7 Å². The number of thiazole rings is 1. The first kappa shape index (κ1) is 23.5. The van der Waals surface area contributed by atoms with E-state index in [0.717, 1.165) is 16.0 Å². The maximum Gasteiger partial charge on any atom is 0.436 e. The fraction of sp³-hybridized carbons (Fsp3) is 0.316. The highest BCUT2D eigenvalue weighted by Crippen LogP contribution is 2.47. The zero-order valence-electron chi connectivity index (χ0n) is 16.9. The van der Waals surface area contributed by atoms with E-state index in [4.69, 9.17) is 11.6 Å². The second-order valence-electron chi connectivity index (χ2n) is 7.40. The Balaban J connectivity index is 1.51. The third-order valence-electron chi connectivity index (χ3n) is 4.95. The molecule has 8 nitrogen and oxygen atoms in total. The first-order valence-electron chi connectivity index (χ1n) is 9.65. The van der Waals surface area contributed by atoms with E-state index in [1.165, 1.54) is 37.4 Å². The van der Waals surface area contributed by atoms with Crippen LogP contribution in [0.15, 0.2) is 40.7 Å². The summed E-state index contributed by atoms with van der Waals surface area (Å²) in [6.07, 6.45) is -1.94. The predicted molar refractivity (Wildman–Crippen MR) is 117 cm³/mol. The average Bonchev–Trinajstić information content (AvgIpc) is 3.32. The summed E-state index contributed by atoms with van der Waals surface area (Å²) >= 11 is 7.09. The quantitative estimate of drug-likeness (QED) is 0.462. The van der Waals surface area contributed by atoms with Crippen LogP contribution in [0.4, 0.5) is 24.0 Å². The third-order valence-corrected chi connectivity index (χ3v) is 7.50. The summed E-state index contributed by atoms with van der Waals surface area (Å²) in [4.78, 5) is 16.6. The van der Waals surface area contributed by atoms with E-state index in [0.29, 0.717) is 12.8 Å². The molecule has 2 N–H and O–H groups in total. The molecule has 4 rings (SSSR count). The summed E-state index contributed by atoms with van der Waals surface area (Å²) in [6.45, 7) is 1.42. The maximum absolute atomic E-state index is 13.3. The van der Waals surface area contributed by atoms with Crippen LogP contribution in [0.2, 0.25) is 5.02 Å². The Morgan fingerprint density at radius 1 is 1.27 bits per heavy atom. The van der Waals surface area contributed by atoms with Crippen LogP contribution in [0.25, 0.3) is 0 Å². The summed E-state index contributed by atoms with van der Waals surface area (Å²) in [5.74, 6) is -0.799. The molecule has 2 heterocycles. The average molecular weight is 520 g/mol. The molecular weight excluding hydrogens is 503 g/mol. The number of carbonyl (C=O) groups excluding carboxylic acids is 1. The fourth-order valence-corrected chi connectivity index (χ4v) is 5.32. The molecule has 0 aliphatic heterocycles. The largest absolute Gasteiger partial charge is 0.436 e. The molecule has 14 heteroatoms. The van der Waals surface area contributed by atoms with Gasteiger partial charge >= 0.3 is 6.18 Å². The molecule has 1 aliphatic rings. The third kappa shape index (κ3) is 4.99. The first-order valence-corrected chi connectivity index (χ1v) is 12.4.